The minimum absolute atomic E-state index is 0.0558. The number of benzene rings is 2. The molecule has 5 rings (SSSR count). The zero-order valence-electron chi connectivity index (χ0n) is 18.5. The zero-order valence-corrected chi connectivity index (χ0v) is 19.3. The normalized spacial score (nSPS) is 15.2. The summed E-state index contributed by atoms with van der Waals surface area (Å²) < 4.78 is 14.4. The highest BCUT2D eigenvalue weighted by atomic mass is 32.1. The number of carbonyl (C=O) groups excluding carboxylic acids is 1. The van der Waals surface area contributed by atoms with E-state index < -0.39 is 0 Å². The van der Waals surface area contributed by atoms with Crippen LogP contribution in [0.4, 0.5) is 5.82 Å². The monoisotopic (exact) mass is 460 g/mol. The molecule has 1 atom stereocenters. The predicted molar refractivity (Wildman–Crippen MR) is 130 cm³/mol. The number of carbonyl (C=O) groups is 1. The molecule has 3 heterocycles. The minimum Gasteiger partial charge on any atom is -0.490 e. The van der Waals surface area contributed by atoms with E-state index in [1.54, 1.807) is 22.1 Å². The van der Waals surface area contributed by atoms with Gasteiger partial charge in [0.15, 0.2) is 11.5 Å². The lowest BCUT2D eigenvalue weighted by Gasteiger charge is -2.25. The van der Waals surface area contributed by atoms with Crippen molar-refractivity contribution >= 4 is 33.3 Å². The number of hydrogen-bond acceptors (Lipinski definition) is 6. The van der Waals surface area contributed by atoms with E-state index in [1.165, 1.54) is 0 Å². The van der Waals surface area contributed by atoms with E-state index in [1.807, 2.05) is 56.3 Å². The van der Waals surface area contributed by atoms with Crippen LogP contribution in [0.5, 0.6) is 11.5 Å². The highest BCUT2D eigenvalue weighted by molar-refractivity contribution is 7.20. The molecule has 0 radical (unpaired) electrons. The molecule has 1 unspecified atom stereocenters. The van der Waals surface area contributed by atoms with Crippen LogP contribution in [-0.2, 0) is 4.79 Å². The van der Waals surface area contributed by atoms with Crippen LogP contribution in [0.2, 0.25) is 0 Å². The summed E-state index contributed by atoms with van der Waals surface area (Å²) in [6.07, 6.45) is 2.03. The van der Waals surface area contributed by atoms with Crippen LogP contribution in [0.25, 0.3) is 15.3 Å². The van der Waals surface area contributed by atoms with Crippen molar-refractivity contribution < 1.29 is 14.3 Å². The second-order valence-electron chi connectivity index (χ2n) is 7.77. The summed E-state index contributed by atoms with van der Waals surface area (Å²) in [7, 11) is 0. The molecule has 1 amide bonds. The van der Waals surface area contributed by atoms with Crippen molar-refractivity contribution in [2.45, 2.75) is 26.2 Å². The largest absolute Gasteiger partial charge is 0.490 e. The Kier molecular flexibility index (Phi) is 5.60. The van der Waals surface area contributed by atoms with Crippen LogP contribution in [-0.4, -0.2) is 33.9 Å². The summed E-state index contributed by atoms with van der Waals surface area (Å²) >= 11 is 1.55. The first-order valence-electron chi connectivity index (χ1n) is 10.8. The first kappa shape index (κ1) is 21.2. The van der Waals surface area contributed by atoms with Crippen LogP contribution in [0, 0.1) is 6.92 Å². The van der Waals surface area contributed by atoms with Crippen molar-refractivity contribution in [3.63, 3.8) is 0 Å². The number of fused-ring (bicyclic) bond motifs is 2. The fourth-order valence-corrected chi connectivity index (χ4v) is 5.12. The predicted octanol–water partition coefficient (Wildman–Crippen LogP) is 5.23. The van der Waals surface area contributed by atoms with Crippen LogP contribution < -0.4 is 14.8 Å². The van der Waals surface area contributed by atoms with Gasteiger partial charge in [-0.15, -0.1) is 0 Å². The Balaban J connectivity index is 1.59. The van der Waals surface area contributed by atoms with E-state index in [2.05, 4.69) is 11.9 Å². The van der Waals surface area contributed by atoms with E-state index in [-0.39, 0.29) is 11.8 Å². The van der Waals surface area contributed by atoms with Crippen LogP contribution in [0.15, 0.2) is 55.1 Å². The number of aryl methyl sites for hydroxylation is 1. The number of thiazole rings is 1. The molecule has 2 aromatic carbocycles. The van der Waals surface area contributed by atoms with Gasteiger partial charge in [0.25, 0.3) is 0 Å². The topological polar surface area (TPSA) is 78.3 Å². The van der Waals surface area contributed by atoms with Gasteiger partial charge in [0, 0.05) is 17.9 Å². The first-order valence-corrected chi connectivity index (χ1v) is 11.7. The van der Waals surface area contributed by atoms with Crippen molar-refractivity contribution in [1.29, 1.82) is 0 Å². The first-order chi connectivity index (χ1) is 16.1. The fourth-order valence-electron chi connectivity index (χ4n) is 4.20. The third-order valence-electron chi connectivity index (χ3n) is 5.59. The maximum atomic E-state index is 12.8. The van der Waals surface area contributed by atoms with E-state index >= 15 is 0 Å². The molecule has 0 bridgehead atoms. The molecule has 0 saturated heterocycles. The summed E-state index contributed by atoms with van der Waals surface area (Å²) in [5, 5.41) is 8.53. The molecular weight excluding hydrogens is 436 g/mol. The Bertz CT molecular complexity index is 1320. The lowest BCUT2D eigenvalue weighted by atomic mass is 9.85. The maximum Gasteiger partial charge on any atom is 0.226 e. The molecule has 8 heteroatoms. The summed E-state index contributed by atoms with van der Waals surface area (Å²) in [5.41, 5.74) is 3.75. The van der Waals surface area contributed by atoms with Crippen LogP contribution in [0.3, 0.4) is 0 Å². The van der Waals surface area contributed by atoms with Gasteiger partial charge in [-0.05, 0) is 43.7 Å². The minimum atomic E-state index is -0.149. The van der Waals surface area contributed by atoms with Crippen molar-refractivity contribution in [3.05, 3.63) is 71.9 Å². The number of aromatic nitrogens is 3. The molecule has 1 aliphatic rings. The molecule has 2 aromatic heterocycles. The number of ether oxygens (including phenoxy) is 2. The number of nitrogens with one attached hydrogen (secondary N) is 1. The van der Waals surface area contributed by atoms with Gasteiger partial charge in [-0.2, -0.15) is 9.78 Å². The number of amides is 1. The van der Waals surface area contributed by atoms with Gasteiger partial charge < -0.3 is 14.8 Å². The number of para-hydroxylation sites is 1. The molecule has 0 aliphatic carbocycles. The maximum absolute atomic E-state index is 12.8. The van der Waals surface area contributed by atoms with Gasteiger partial charge in [-0.1, -0.05) is 42.2 Å². The van der Waals surface area contributed by atoms with Gasteiger partial charge >= 0.3 is 0 Å². The van der Waals surface area contributed by atoms with Crippen LogP contribution in [0.1, 0.15) is 36.1 Å². The summed E-state index contributed by atoms with van der Waals surface area (Å²) in [6.45, 7) is 8.51. The third-order valence-corrected chi connectivity index (χ3v) is 6.60. The molecular formula is C25H24N4O3S. The third kappa shape index (κ3) is 3.87. The second kappa shape index (κ2) is 8.71. The molecule has 1 aliphatic heterocycles. The second-order valence-corrected chi connectivity index (χ2v) is 8.78. The summed E-state index contributed by atoms with van der Waals surface area (Å²) in [4.78, 5) is 17.5. The molecule has 0 spiro atoms. The highest BCUT2D eigenvalue weighted by Crippen LogP contribution is 2.43. The van der Waals surface area contributed by atoms with E-state index in [0.717, 1.165) is 32.2 Å². The Hall–Kier alpha value is -3.65. The van der Waals surface area contributed by atoms with E-state index in [9.17, 15) is 4.79 Å². The molecule has 0 fully saturated rings. The molecule has 4 aromatic rings. The fraction of sp³-hybridized carbons (Fsp3) is 0.240. The number of nitrogens with zero attached hydrogens (tertiary/aromatic N) is 3. The van der Waals surface area contributed by atoms with Crippen molar-refractivity contribution in [2.24, 2.45) is 0 Å². The number of anilines is 1. The summed E-state index contributed by atoms with van der Waals surface area (Å²) in [6, 6.07) is 13.8. The average molecular weight is 461 g/mol. The standard InChI is InChI=1S/C25H24N4O3S/c1-4-12-32-19-11-10-16(13-20(19)31-5-2)17-14-22(30)27-24-23(17)15(3)28-29(24)25-26-18-8-6-7-9-21(18)33-25/h4,6-11,13,17H,1,5,12,14H2,2-3H3,(H,27,30). The smallest absolute Gasteiger partial charge is 0.226 e. The lowest BCUT2D eigenvalue weighted by molar-refractivity contribution is -0.116. The number of rotatable bonds is 7. The molecule has 1 N–H and O–H groups in total. The van der Waals surface area contributed by atoms with Gasteiger partial charge in [0.1, 0.15) is 12.4 Å². The van der Waals surface area contributed by atoms with Gasteiger partial charge in [-0.25, -0.2) is 4.98 Å². The van der Waals surface area contributed by atoms with Gasteiger partial charge in [0.05, 0.1) is 22.5 Å². The molecule has 7 nitrogen and oxygen atoms in total. The number of hydrogen-bond donors (Lipinski definition) is 1. The van der Waals surface area contributed by atoms with Crippen molar-refractivity contribution in [1.82, 2.24) is 14.8 Å². The molecule has 33 heavy (non-hydrogen) atoms. The quantitative estimate of drug-likeness (QED) is 0.382. The summed E-state index contributed by atoms with van der Waals surface area (Å²) in [5.74, 6) is 1.78. The average Bonchev–Trinajstić information content (AvgIpc) is 3.39. The molecule has 168 valence electrons. The van der Waals surface area contributed by atoms with E-state index in [0.29, 0.717) is 37.0 Å². The van der Waals surface area contributed by atoms with Gasteiger partial charge in [-0.3, -0.25) is 4.79 Å². The zero-order chi connectivity index (χ0) is 22.9. The van der Waals surface area contributed by atoms with Crippen molar-refractivity contribution in [2.75, 3.05) is 18.5 Å². The molecule has 0 saturated carbocycles. The Morgan fingerprint density at radius 3 is 2.88 bits per heavy atom. The Morgan fingerprint density at radius 1 is 1.24 bits per heavy atom. The lowest BCUT2D eigenvalue weighted by Crippen LogP contribution is -2.25. The highest BCUT2D eigenvalue weighted by Gasteiger charge is 2.33. The Labute approximate surface area is 195 Å². The SMILES string of the molecule is C=CCOc1ccc(C2CC(=O)Nc3c2c(C)nn3-c2nc3ccccc3s2)cc1OCC. The van der Waals surface area contributed by atoms with E-state index in [4.69, 9.17) is 19.6 Å². The van der Waals surface area contributed by atoms with Crippen molar-refractivity contribution in [3.8, 4) is 16.6 Å². The van der Waals surface area contributed by atoms with Gasteiger partial charge in [0.2, 0.25) is 11.0 Å². The Morgan fingerprint density at radius 2 is 2.09 bits per heavy atom. The van der Waals surface area contributed by atoms with Crippen LogP contribution >= 0.6 is 11.3 Å².